The summed E-state index contributed by atoms with van der Waals surface area (Å²) in [6.07, 6.45) is -0.521. The first-order valence-electron chi connectivity index (χ1n) is 5.90. The van der Waals surface area contributed by atoms with Crippen LogP contribution in [0.4, 0.5) is 0 Å². The summed E-state index contributed by atoms with van der Waals surface area (Å²) >= 11 is 7.62. The molecule has 0 saturated heterocycles. The maximum absolute atomic E-state index is 10.1. The number of thioether (sulfide) groups is 1. The first-order valence-corrected chi connectivity index (χ1v) is 7.26. The Morgan fingerprint density at radius 1 is 1.16 bits per heavy atom. The third-order valence-electron chi connectivity index (χ3n) is 2.73. The van der Waals surface area contributed by atoms with Crippen molar-refractivity contribution in [2.45, 2.75) is 11.0 Å². The lowest BCUT2D eigenvalue weighted by atomic mass is 10.1. The largest absolute Gasteiger partial charge is 0.497 e. The van der Waals surface area contributed by atoms with Gasteiger partial charge >= 0.3 is 0 Å². The van der Waals surface area contributed by atoms with Crippen LogP contribution in [0.25, 0.3) is 0 Å². The lowest BCUT2D eigenvalue weighted by molar-refractivity contribution is 0.204. The Hall–Kier alpha value is -1.16. The molecule has 2 rings (SSSR count). The summed E-state index contributed by atoms with van der Waals surface area (Å²) in [7, 11) is 1.62. The second kappa shape index (κ2) is 6.85. The Kier molecular flexibility index (Phi) is 5.14. The fraction of sp³-hybridized carbons (Fsp3) is 0.200. The van der Waals surface area contributed by atoms with Gasteiger partial charge in [-0.1, -0.05) is 35.9 Å². The predicted molar refractivity (Wildman–Crippen MR) is 80.1 cm³/mol. The minimum Gasteiger partial charge on any atom is -0.497 e. The molecule has 1 unspecified atom stereocenters. The summed E-state index contributed by atoms with van der Waals surface area (Å²) in [4.78, 5) is 0.983. The number of halogens is 1. The van der Waals surface area contributed by atoms with E-state index in [0.717, 1.165) is 21.2 Å². The van der Waals surface area contributed by atoms with E-state index < -0.39 is 6.10 Å². The Labute approximate surface area is 122 Å². The van der Waals surface area contributed by atoms with E-state index in [4.69, 9.17) is 16.3 Å². The van der Waals surface area contributed by atoms with Crippen molar-refractivity contribution < 1.29 is 9.84 Å². The van der Waals surface area contributed by atoms with Gasteiger partial charge in [0.2, 0.25) is 0 Å². The Morgan fingerprint density at radius 2 is 1.84 bits per heavy atom. The molecule has 4 heteroatoms. The minimum atomic E-state index is -0.521. The van der Waals surface area contributed by atoms with E-state index >= 15 is 0 Å². The monoisotopic (exact) mass is 294 g/mol. The summed E-state index contributed by atoms with van der Waals surface area (Å²) in [5, 5.41) is 10.8. The molecule has 0 heterocycles. The number of methoxy groups -OCH3 is 1. The molecule has 0 radical (unpaired) electrons. The van der Waals surface area contributed by atoms with Gasteiger partial charge in [0.05, 0.1) is 18.2 Å². The number of ether oxygens (including phenoxy) is 1. The molecule has 0 spiro atoms. The van der Waals surface area contributed by atoms with Crippen LogP contribution in [-0.4, -0.2) is 18.0 Å². The summed E-state index contributed by atoms with van der Waals surface area (Å²) in [6, 6.07) is 15.1. The molecule has 0 aliphatic carbocycles. The molecular formula is C15H15ClO2S. The van der Waals surface area contributed by atoms with Gasteiger partial charge in [0.1, 0.15) is 5.75 Å². The standard InChI is InChI=1S/C15H15ClO2S/c1-18-12-8-6-11(7-9-12)14(17)10-19-15-5-3-2-4-13(15)16/h2-9,14,17H,10H2,1H3. The zero-order chi connectivity index (χ0) is 13.7. The van der Waals surface area contributed by atoms with Crippen molar-refractivity contribution in [3.63, 3.8) is 0 Å². The number of hydrogen-bond donors (Lipinski definition) is 1. The van der Waals surface area contributed by atoms with E-state index in [1.165, 1.54) is 0 Å². The lowest BCUT2D eigenvalue weighted by Crippen LogP contribution is -2.00. The van der Waals surface area contributed by atoms with Crippen LogP contribution in [0.1, 0.15) is 11.7 Å². The number of rotatable bonds is 5. The lowest BCUT2D eigenvalue weighted by Gasteiger charge is -2.11. The quantitative estimate of drug-likeness (QED) is 0.839. The number of aliphatic hydroxyl groups is 1. The molecule has 100 valence electrons. The Morgan fingerprint density at radius 3 is 2.47 bits per heavy atom. The van der Waals surface area contributed by atoms with Crippen molar-refractivity contribution in [1.82, 2.24) is 0 Å². The van der Waals surface area contributed by atoms with Gasteiger partial charge in [-0.2, -0.15) is 0 Å². The van der Waals surface area contributed by atoms with E-state index in [1.54, 1.807) is 18.9 Å². The second-order valence-electron chi connectivity index (χ2n) is 4.03. The Balaban J connectivity index is 1.97. The average molecular weight is 295 g/mol. The van der Waals surface area contributed by atoms with Crippen LogP contribution in [0.15, 0.2) is 53.4 Å². The highest BCUT2D eigenvalue weighted by Gasteiger charge is 2.09. The zero-order valence-corrected chi connectivity index (χ0v) is 12.1. The highest BCUT2D eigenvalue weighted by atomic mass is 35.5. The summed E-state index contributed by atoms with van der Waals surface area (Å²) in [5.41, 5.74) is 0.875. The van der Waals surface area contributed by atoms with Crippen LogP contribution in [0.2, 0.25) is 5.02 Å². The third-order valence-corrected chi connectivity index (χ3v) is 4.32. The van der Waals surface area contributed by atoms with Gasteiger partial charge < -0.3 is 9.84 Å². The maximum atomic E-state index is 10.1. The van der Waals surface area contributed by atoms with Crippen LogP contribution in [0, 0.1) is 0 Å². The molecule has 2 aromatic carbocycles. The molecule has 1 atom stereocenters. The number of hydrogen-bond acceptors (Lipinski definition) is 3. The first-order chi connectivity index (χ1) is 9.20. The number of benzene rings is 2. The minimum absolute atomic E-state index is 0.521. The summed E-state index contributed by atoms with van der Waals surface area (Å²) in [6.45, 7) is 0. The molecule has 2 nitrogen and oxygen atoms in total. The molecule has 19 heavy (non-hydrogen) atoms. The van der Waals surface area contributed by atoms with Crippen molar-refractivity contribution in [1.29, 1.82) is 0 Å². The van der Waals surface area contributed by atoms with Crippen molar-refractivity contribution >= 4 is 23.4 Å². The second-order valence-corrected chi connectivity index (χ2v) is 5.50. The van der Waals surface area contributed by atoms with Crippen molar-refractivity contribution in [3.05, 3.63) is 59.1 Å². The highest BCUT2D eigenvalue weighted by molar-refractivity contribution is 7.99. The van der Waals surface area contributed by atoms with Gasteiger partial charge in [-0.05, 0) is 29.8 Å². The summed E-state index contributed by atoms with van der Waals surface area (Å²) < 4.78 is 5.09. The van der Waals surface area contributed by atoms with Crippen LogP contribution in [0.3, 0.4) is 0 Å². The summed E-state index contributed by atoms with van der Waals surface area (Å²) in [5.74, 6) is 1.35. The van der Waals surface area contributed by atoms with Gasteiger partial charge in [0.15, 0.2) is 0 Å². The van der Waals surface area contributed by atoms with Crippen molar-refractivity contribution in [2.75, 3.05) is 12.9 Å². The van der Waals surface area contributed by atoms with Crippen molar-refractivity contribution in [2.24, 2.45) is 0 Å². The molecule has 0 bridgehead atoms. The predicted octanol–water partition coefficient (Wildman–Crippen LogP) is 4.17. The fourth-order valence-electron chi connectivity index (χ4n) is 1.65. The van der Waals surface area contributed by atoms with E-state index in [9.17, 15) is 5.11 Å². The van der Waals surface area contributed by atoms with Crippen LogP contribution >= 0.6 is 23.4 Å². The molecule has 0 saturated carbocycles. The molecule has 1 N–H and O–H groups in total. The third kappa shape index (κ3) is 3.90. The van der Waals surface area contributed by atoms with Gasteiger partial charge in [0, 0.05) is 10.6 Å². The average Bonchev–Trinajstić information content (AvgIpc) is 2.46. The van der Waals surface area contributed by atoms with E-state index in [0.29, 0.717) is 5.75 Å². The van der Waals surface area contributed by atoms with Gasteiger partial charge in [-0.25, -0.2) is 0 Å². The maximum Gasteiger partial charge on any atom is 0.118 e. The molecule has 0 amide bonds. The van der Waals surface area contributed by atoms with Gasteiger partial charge in [-0.15, -0.1) is 11.8 Å². The topological polar surface area (TPSA) is 29.5 Å². The molecule has 0 fully saturated rings. The van der Waals surface area contributed by atoms with Gasteiger partial charge in [0.25, 0.3) is 0 Å². The molecular weight excluding hydrogens is 280 g/mol. The van der Waals surface area contributed by atoms with Crippen LogP contribution in [-0.2, 0) is 0 Å². The molecule has 2 aromatic rings. The SMILES string of the molecule is COc1ccc(C(O)CSc2ccccc2Cl)cc1. The van der Waals surface area contributed by atoms with Crippen molar-refractivity contribution in [3.8, 4) is 5.75 Å². The molecule has 0 aliphatic rings. The normalized spacial score (nSPS) is 12.2. The molecule has 0 aromatic heterocycles. The molecule has 0 aliphatic heterocycles. The van der Waals surface area contributed by atoms with E-state index in [1.807, 2.05) is 48.5 Å². The van der Waals surface area contributed by atoms with E-state index in [2.05, 4.69) is 0 Å². The highest BCUT2D eigenvalue weighted by Crippen LogP contribution is 2.30. The Bertz CT molecular complexity index is 528. The zero-order valence-electron chi connectivity index (χ0n) is 10.5. The number of aliphatic hydroxyl groups excluding tert-OH is 1. The van der Waals surface area contributed by atoms with Crippen LogP contribution in [0.5, 0.6) is 5.75 Å². The van der Waals surface area contributed by atoms with E-state index in [-0.39, 0.29) is 0 Å². The smallest absolute Gasteiger partial charge is 0.118 e. The van der Waals surface area contributed by atoms with Gasteiger partial charge in [-0.3, -0.25) is 0 Å². The van der Waals surface area contributed by atoms with Crippen LogP contribution < -0.4 is 4.74 Å². The first kappa shape index (κ1) is 14.3. The fourth-order valence-corrected chi connectivity index (χ4v) is 2.86.